The number of thiophene rings is 1. The van der Waals surface area contributed by atoms with Crippen LogP contribution in [0.5, 0.6) is 0 Å². The first-order valence-electron chi connectivity index (χ1n) is 8.89. The Morgan fingerprint density at radius 2 is 1.84 bits per heavy atom. The molecule has 3 aromatic rings. The van der Waals surface area contributed by atoms with Gasteiger partial charge < -0.3 is 0 Å². The summed E-state index contributed by atoms with van der Waals surface area (Å²) >= 11 is 7.02. The molecule has 1 aromatic heterocycles. The molecule has 0 atom stereocenters. The summed E-state index contributed by atoms with van der Waals surface area (Å²) in [6.07, 6.45) is -3.45. The lowest BCUT2D eigenvalue weighted by atomic mass is 10.2. The predicted molar refractivity (Wildman–Crippen MR) is 117 cm³/mol. The van der Waals surface area contributed by atoms with Gasteiger partial charge in [0, 0.05) is 4.88 Å². The number of halogens is 4. The maximum absolute atomic E-state index is 13.3. The third-order valence-electron chi connectivity index (χ3n) is 4.09. The Morgan fingerprint density at radius 1 is 1.12 bits per heavy atom. The fourth-order valence-electron chi connectivity index (χ4n) is 2.62. The molecule has 0 unspecified atom stereocenters. The number of hydrogen-bond acceptors (Lipinski definition) is 5. The molecule has 0 aliphatic heterocycles. The van der Waals surface area contributed by atoms with Crippen LogP contribution >= 0.6 is 22.9 Å². The molecule has 0 fully saturated rings. The van der Waals surface area contributed by atoms with Crippen LogP contribution in [-0.4, -0.2) is 27.1 Å². The standard InChI is InChI=1S/C20H15ClF3N3O3S2/c21-18-9-8-14(11-17(18)20(22,23)24)27(32(29,30)16-6-2-1-3-7-16)13-19(28)26-25-12-15-5-4-10-31-15/h1-12H,13H2,(H,26,28)/b25-12-. The van der Waals surface area contributed by atoms with Crippen LogP contribution in [0.15, 0.2) is 76.0 Å². The molecule has 168 valence electrons. The van der Waals surface area contributed by atoms with Gasteiger partial charge in [-0.2, -0.15) is 18.3 Å². The van der Waals surface area contributed by atoms with Crippen molar-refractivity contribution in [2.24, 2.45) is 5.10 Å². The van der Waals surface area contributed by atoms with E-state index in [1.807, 2.05) is 0 Å². The number of hydrogen-bond donors (Lipinski definition) is 1. The van der Waals surface area contributed by atoms with Crippen LogP contribution in [-0.2, 0) is 21.0 Å². The summed E-state index contributed by atoms with van der Waals surface area (Å²) in [6, 6.07) is 13.2. The van der Waals surface area contributed by atoms with Gasteiger partial charge in [-0.3, -0.25) is 9.10 Å². The molecule has 12 heteroatoms. The largest absolute Gasteiger partial charge is 0.417 e. The second-order valence-electron chi connectivity index (χ2n) is 6.30. The highest BCUT2D eigenvalue weighted by Crippen LogP contribution is 2.37. The lowest BCUT2D eigenvalue weighted by Gasteiger charge is -2.24. The molecule has 2 aromatic carbocycles. The molecule has 0 saturated carbocycles. The average molecular weight is 502 g/mol. The monoisotopic (exact) mass is 501 g/mol. The minimum atomic E-state index is -4.82. The van der Waals surface area contributed by atoms with Gasteiger partial charge in [-0.15, -0.1) is 11.3 Å². The molecule has 1 amide bonds. The van der Waals surface area contributed by atoms with Crippen molar-refractivity contribution in [1.82, 2.24) is 5.43 Å². The Balaban J connectivity index is 1.96. The van der Waals surface area contributed by atoms with E-state index in [0.29, 0.717) is 10.4 Å². The molecule has 0 saturated heterocycles. The molecular weight excluding hydrogens is 487 g/mol. The molecule has 6 nitrogen and oxygen atoms in total. The Hall–Kier alpha value is -2.89. The number of nitrogens with one attached hydrogen (secondary N) is 1. The zero-order chi connectivity index (χ0) is 23.4. The summed E-state index contributed by atoms with van der Waals surface area (Å²) in [7, 11) is -4.38. The zero-order valence-corrected chi connectivity index (χ0v) is 18.5. The van der Waals surface area contributed by atoms with E-state index in [1.54, 1.807) is 23.6 Å². The van der Waals surface area contributed by atoms with E-state index in [-0.39, 0.29) is 10.6 Å². The molecule has 0 bridgehead atoms. The van der Waals surface area contributed by atoms with Gasteiger partial charge in [0.25, 0.3) is 15.9 Å². The summed E-state index contributed by atoms with van der Waals surface area (Å²) in [4.78, 5) is 13.0. The molecule has 3 rings (SSSR count). The van der Waals surface area contributed by atoms with E-state index in [4.69, 9.17) is 11.6 Å². The normalized spacial score (nSPS) is 12.1. The van der Waals surface area contributed by atoms with Crippen LogP contribution in [0.4, 0.5) is 18.9 Å². The van der Waals surface area contributed by atoms with Gasteiger partial charge in [0.15, 0.2) is 0 Å². The fraction of sp³-hybridized carbons (Fsp3) is 0.100. The number of rotatable bonds is 7. The smallest absolute Gasteiger partial charge is 0.271 e. The van der Waals surface area contributed by atoms with Crippen LogP contribution in [0.3, 0.4) is 0 Å². The second-order valence-corrected chi connectivity index (χ2v) is 9.54. The third kappa shape index (κ3) is 5.67. The first kappa shape index (κ1) is 23.8. The lowest BCUT2D eigenvalue weighted by Crippen LogP contribution is -2.39. The Kier molecular flexibility index (Phi) is 7.22. The number of carbonyl (C=O) groups is 1. The molecule has 0 radical (unpaired) electrons. The topological polar surface area (TPSA) is 78.8 Å². The minimum absolute atomic E-state index is 0.196. The number of anilines is 1. The van der Waals surface area contributed by atoms with Crippen LogP contribution in [0.2, 0.25) is 5.02 Å². The Labute approximate surface area is 191 Å². The van der Waals surface area contributed by atoms with Crippen molar-refractivity contribution >= 4 is 50.8 Å². The van der Waals surface area contributed by atoms with E-state index in [0.717, 1.165) is 17.0 Å². The van der Waals surface area contributed by atoms with Gasteiger partial charge in [0.2, 0.25) is 0 Å². The van der Waals surface area contributed by atoms with Crippen LogP contribution in [0.25, 0.3) is 0 Å². The number of carbonyl (C=O) groups excluding carboxylic acids is 1. The number of hydrazone groups is 1. The van der Waals surface area contributed by atoms with Gasteiger partial charge in [-0.25, -0.2) is 13.8 Å². The van der Waals surface area contributed by atoms with E-state index in [1.165, 1.54) is 41.8 Å². The van der Waals surface area contributed by atoms with E-state index >= 15 is 0 Å². The zero-order valence-electron chi connectivity index (χ0n) is 16.1. The van der Waals surface area contributed by atoms with E-state index in [2.05, 4.69) is 10.5 Å². The van der Waals surface area contributed by atoms with Crippen molar-refractivity contribution in [1.29, 1.82) is 0 Å². The first-order valence-corrected chi connectivity index (χ1v) is 11.6. The summed E-state index contributed by atoms with van der Waals surface area (Å²) < 4.78 is 66.9. The highest BCUT2D eigenvalue weighted by atomic mass is 35.5. The summed E-state index contributed by atoms with van der Waals surface area (Å²) in [5.41, 5.74) is 0.590. The summed E-state index contributed by atoms with van der Waals surface area (Å²) in [5.74, 6) is -0.846. The molecule has 0 spiro atoms. The number of alkyl halides is 3. The quantitative estimate of drug-likeness (QED) is 0.374. The fourth-order valence-corrected chi connectivity index (χ4v) is 4.86. The van der Waals surface area contributed by atoms with Crippen molar-refractivity contribution in [2.45, 2.75) is 11.1 Å². The Morgan fingerprint density at radius 3 is 2.47 bits per heavy atom. The highest BCUT2D eigenvalue weighted by Gasteiger charge is 2.35. The molecule has 0 aliphatic carbocycles. The highest BCUT2D eigenvalue weighted by molar-refractivity contribution is 7.92. The minimum Gasteiger partial charge on any atom is -0.271 e. The Bertz CT molecular complexity index is 1220. The van der Waals surface area contributed by atoms with Gasteiger partial charge in [0.1, 0.15) is 6.54 Å². The van der Waals surface area contributed by atoms with Crippen molar-refractivity contribution in [2.75, 3.05) is 10.8 Å². The number of nitrogens with zero attached hydrogens (tertiary/aromatic N) is 2. The molecule has 32 heavy (non-hydrogen) atoms. The third-order valence-corrected chi connectivity index (χ3v) is 7.01. The predicted octanol–water partition coefficient (Wildman–Crippen LogP) is 4.77. The number of amides is 1. The van der Waals surface area contributed by atoms with Crippen LogP contribution < -0.4 is 9.73 Å². The molecule has 1 heterocycles. The van der Waals surface area contributed by atoms with Gasteiger partial charge in [0.05, 0.1) is 27.4 Å². The van der Waals surface area contributed by atoms with Crippen molar-refractivity contribution < 1.29 is 26.4 Å². The van der Waals surface area contributed by atoms with Gasteiger partial charge in [-0.05, 0) is 41.8 Å². The van der Waals surface area contributed by atoms with Crippen molar-refractivity contribution in [3.8, 4) is 0 Å². The average Bonchev–Trinajstić information content (AvgIpc) is 3.26. The van der Waals surface area contributed by atoms with Crippen LogP contribution in [0.1, 0.15) is 10.4 Å². The molecule has 1 N–H and O–H groups in total. The van der Waals surface area contributed by atoms with E-state index in [9.17, 15) is 26.4 Å². The SMILES string of the molecule is O=C(CN(c1ccc(Cl)c(C(F)(F)F)c1)S(=O)(=O)c1ccccc1)N/N=C\c1cccs1. The van der Waals surface area contributed by atoms with Crippen molar-refractivity contribution in [3.63, 3.8) is 0 Å². The van der Waals surface area contributed by atoms with Gasteiger partial charge in [-0.1, -0.05) is 35.9 Å². The second kappa shape index (κ2) is 9.72. The number of sulfonamides is 1. The summed E-state index contributed by atoms with van der Waals surface area (Å²) in [5, 5.41) is 4.96. The first-order chi connectivity index (χ1) is 15.1. The summed E-state index contributed by atoms with van der Waals surface area (Å²) in [6.45, 7) is -0.808. The van der Waals surface area contributed by atoms with Crippen molar-refractivity contribution in [3.05, 3.63) is 81.5 Å². The maximum atomic E-state index is 13.3. The molecule has 0 aliphatic rings. The van der Waals surface area contributed by atoms with Gasteiger partial charge >= 0.3 is 6.18 Å². The maximum Gasteiger partial charge on any atom is 0.417 e. The molecular formula is C20H15ClF3N3O3S2. The lowest BCUT2D eigenvalue weighted by molar-refractivity contribution is -0.137. The number of benzene rings is 2. The van der Waals surface area contributed by atoms with Crippen LogP contribution in [0, 0.1) is 0 Å². The van der Waals surface area contributed by atoms with E-state index < -0.39 is 39.2 Å².